The van der Waals surface area contributed by atoms with Crippen molar-refractivity contribution in [2.24, 2.45) is 7.05 Å². The Hall–Kier alpha value is -3.64. The summed E-state index contributed by atoms with van der Waals surface area (Å²) in [5, 5.41) is 17.7. The third-order valence-corrected chi connectivity index (χ3v) is 5.64. The Morgan fingerprint density at radius 2 is 1.84 bits per heavy atom. The van der Waals surface area contributed by atoms with E-state index in [1.54, 1.807) is 29.8 Å². The molecule has 0 bridgehead atoms. The molecule has 0 radical (unpaired) electrons. The van der Waals surface area contributed by atoms with E-state index in [0.29, 0.717) is 23.4 Å². The van der Waals surface area contributed by atoms with Crippen LogP contribution in [0.15, 0.2) is 36.7 Å². The minimum absolute atomic E-state index is 0.0761. The van der Waals surface area contributed by atoms with E-state index in [4.69, 9.17) is 16.9 Å². The summed E-state index contributed by atoms with van der Waals surface area (Å²) in [6, 6.07) is 11.0. The molecule has 162 valence electrons. The normalized spacial score (nSPS) is 11.2. The lowest BCUT2D eigenvalue weighted by molar-refractivity contribution is 0.142. The summed E-state index contributed by atoms with van der Waals surface area (Å²) < 4.78 is 29.9. The molecule has 0 unspecified atom stereocenters. The van der Waals surface area contributed by atoms with Gasteiger partial charge in [-0.3, -0.25) is 4.68 Å². The molecule has 0 spiro atoms. The van der Waals surface area contributed by atoms with Crippen molar-refractivity contribution in [3.8, 4) is 23.1 Å². The van der Waals surface area contributed by atoms with E-state index in [2.05, 4.69) is 26.2 Å². The van der Waals surface area contributed by atoms with E-state index < -0.39 is 12.1 Å². The standard InChI is InChI=1S/C22H18ClF2N7/c1-12-17(30-31(3)20(12)15-6-4-14(10-26)5-7-15)8-16-9-18(28-11-27-16)32-21(22(24)25)19(23)13(2)29-32/h4-7,9,11,22H,8H2,1-3H3. The summed E-state index contributed by atoms with van der Waals surface area (Å²) in [7, 11) is 1.85. The van der Waals surface area contributed by atoms with Crippen LogP contribution in [0.3, 0.4) is 0 Å². The van der Waals surface area contributed by atoms with Crippen LogP contribution >= 0.6 is 11.6 Å². The Kier molecular flexibility index (Phi) is 5.72. The maximum Gasteiger partial charge on any atom is 0.282 e. The second kappa shape index (κ2) is 8.48. The Morgan fingerprint density at radius 1 is 1.12 bits per heavy atom. The number of rotatable bonds is 5. The summed E-state index contributed by atoms with van der Waals surface area (Å²) in [5.74, 6) is 0.209. The Morgan fingerprint density at radius 3 is 2.50 bits per heavy atom. The van der Waals surface area contributed by atoms with Crippen molar-refractivity contribution in [3.63, 3.8) is 0 Å². The van der Waals surface area contributed by atoms with E-state index in [9.17, 15) is 8.78 Å². The smallest absolute Gasteiger partial charge is 0.267 e. The lowest BCUT2D eigenvalue weighted by Crippen LogP contribution is -2.07. The first-order valence-electron chi connectivity index (χ1n) is 9.67. The molecule has 0 aliphatic heterocycles. The average molecular weight is 454 g/mol. The fourth-order valence-electron chi connectivity index (χ4n) is 3.62. The lowest BCUT2D eigenvalue weighted by Gasteiger charge is -2.07. The fourth-order valence-corrected chi connectivity index (χ4v) is 3.82. The van der Waals surface area contributed by atoms with Gasteiger partial charge in [-0.1, -0.05) is 23.7 Å². The van der Waals surface area contributed by atoms with Crippen LogP contribution in [0.2, 0.25) is 5.02 Å². The molecule has 7 nitrogen and oxygen atoms in total. The third-order valence-electron chi connectivity index (χ3n) is 5.17. The monoisotopic (exact) mass is 453 g/mol. The molecule has 1 aromatic carbocycles. The van der Waals surface area contributed by atoms with Gasteiger partial charge >= 0.3 is 0 Å². The molecule has 0 aliphatic rings. The van der Waals surface area contributed by atoms with Gasteiger partial charge < -0.3 is 0 Å². The van der Waals surface area contributed by atoms with E-state index in [1.165, 1.54) is 6.33 Å². The van der Waals surface area contributed by atoms with Crippen molar-refractivity contribution in [2.45, 2.75) is 26.7 Å². The molecule has 0 aliphatic carbocycles. The van der Waals surface area contributed by atoms with Crippen molar-refractivity contribution < 1.29 is 8.78 Å². The van der Waals surface area contributed by atoms with Crippen LogP contribution in [0.4, 0.5) is 8.78 Å². The van der Waals surface area contributed by atoms with Gasteiger partial charge in [-0.2, -0.15) is 15.5 Å². The number of aryl methyl sites for hydroxylation is 2. The highest BCUT2D eigenvalue weighted by Gasteiger charge is 2.24. The average Bonchev–Trinajstić information content (AvgIpc) is 3.23. The van der Waals surface area contributed by atoms with Gasteiger partial charge in [0.2, 0.25) is 0 Å². The van der Waals surface area contributed by atoms with E-state index in [1.807, 2.05) is 26.1 Å². The maximum absolute atomic E-state index is 13.5. The van der Waals surface area contributed by atoms with Gasteiger partial charge in [-0.05, 0) is 31.5 Å². The van der Waals surface area contributed by atoms with Crippen LogP contribution in [0.5, 0.6) is 0 Å². The Balaban J connectivity index is 1.68. The first-order valence-corrected chi connectivity index (χ1v) is 10.1. The Bertz CT molecular complexity index is 1330. The SMILES string of the molecule is Cc1nn(-c2cc(Cc3nn(C)c(-c4ccc(C#N)cc4)c3C)ncn2)c(C(F)F)c1Cl. The number of hydrogen-bond donors (Lipinski definition) is 0. The van der Waals surface area contributed by atoms with E-state index in [0.717, 1.165) is 27.2 Å². The van der Waals surface area contributed by atoms with E-state index in [-0.39, 0.29) is 10.8 Å². The quantitative estimate of drug-likeness (QED) is 0.436. The molecule has 10 heteroatoms. The third kappa shape index (κ3) is 3.85. The van der Waals surface area contributed by atoms with Crippen LogP contribution in [0.25, 0.3) is 17.1 Å². The van der Waals surface area contributed by atoms with Gasteiger partial charge in [0.15, 0.2) is 5.82 Å². The molecule has 4 rings (SSSR count). The molecule has 3 aromatic heterocycles. The van der Waals surface area contributed by atoms with Gasteiger partial charge in [0.05, 0.1) is 39.4 Å². The molecule has 32 heavy (non-hydrogen) atoms. The minimum atomic E-state index is -2.80. The zero-order valence-corrected chi connectivity index (χ0v) is 18.3. The number of aromatic nitrogens is 6. The predicted octanol–water partition coefficient (Wildman–Crippen LogP) is 4.73. The van der Waals surface area contributed by atoms with Gasteiger partial charge in [0.1, 0.15) is 12.0 Å². The molecular weight excluding hydrogens is 436 g/mol. The van der Waals surface area contributed by atoms with Crippen LogP contribution < -0.4 is 0 Å². The van der Waals surface area contributed by atoms with Gasteiger partial charge in [0.25, 0.3) is 6.43 Å². The number of alkyl halides is 2. The molecule has 0 amide bonds. The maximum atomic E-state index is 13.5. The van der Waals surface area contributed by atoms with Gasteiger partial charge in [-0.25, -0.2) is 23.4 Å². The molecule has 0 saturated heterocycles. The molecule has 0 fully saturated rings. The molecular formula is C22H18ClF2N7. The van der Waals surface area contributed by atoms with Crippen LogP contribution in [-0.4, -0.2) is 29.5 Å². The highest BCUT2D eigenvalue weighted by molar-refractivity contribution is 6.31. The zero-order chi connectivity index (χ0) is 23.0. The minimum Gasteiger partial charge on any atom is -0.267 e. The number of halogens is 3. The second-order valence-corrected chi connectivity index (χ2v) is 7.65. The van der Waals surface area contributed by atoms with Crippen molar-refractivity contribution in [3.05, 3.63) is 75.6 Å². The first kappa shape index (κ1) is 21.6. The first-order chi connectivity index (χ1) is 15.3. The van der Waals surface area contributed by atoms with Crippen molar-refractivity contribution in [1.29, 1.82) is 5.26 Å². The fraction of sp³-hybridized carbons (Fsp3) is 0.227. The van der Waals surface area contributed by atoms with Crippen molar-refractivity contribution in [1.82, 2.24) is 29.5 Å². The molecule has 0 saturated carbocycles. The summed E-state index contributed by atoms with van der Waals surface area (Å²) >= 11 is 6.01. The van der Waals surface area contributed by atoms with Crippen molar-refractivity contribution >= 4 is 11.6 Å². The summed E-state index contributed by atoms with van der Waals surface area (Å²) in [4.78, 5) is 8.38. The molecule has 0 N–H and O–H groups in total. The Labute approximate surface area is 187 Å². The molecule has 0 atom stereocenters. The zero-order valence-electron chi connectivity index (χ0n) is 17.5. The largest absolute Gasteiger partial charge is 0.282 e. The topological polar surface area (TPSA) is 85.2 Å². The van der Waals surface area contributed by atoms with Crippen molar-refractivity contribution in [2.75, 3.05) is 0 Å². The molecule has 3 heterocycles. The summed E-state index contributed by atoms with van der Waals surface area (Å²) in [5.41, 5.74) is 4.71. The predicted molar refractivity (Wildman–Crippen MR) is 115 cm³/mol. The second-order valence-electron chi connectivity index (χ2n) is 7.27. The van der Waals surface area contributed by atoms with Gasteiger partial charge in [0, 0.05) is 25.1 Å². The van der Waals surface area contributed by atoms with Crippen LogP contribution in [-0.2, 0) is 13.5 Å². The lowest BCUT2D eigenvalue weighted by atomic mass is 10.0. The summed E-state index contributed by atoms with van der Waals surface area (Å²) in [6.45, 7) is 3.53. The number of benzene rings is 1. The molecule has 4 aromatic rings. The highest BCUT2D eigenvalue weighted by atomic mass is 35.5. The van der Waals surface area contributed by atoms with Crippen LogP contribution in [0, 0.1) is 25.2 Å². The number of hydrogen-bond acceptors (Lipinski definition) is 5. The summed E-state index contributed by atoms with van der Waals surface area (Å²) in [6.07, 6.45) is -1.11. The highest BCUT2D eigenvalue weighted by Crippen LogP contribution is 2.31. The van der Waals surface area contributed by atoms with Crippen LogP contribution in [0.1, 0.15) is 40.3 Å². The number of nitriles is 1. The van der Waals surface area contributed by atoms with Gasteiger partial charge in [-0.15, -0.1) is 0 Å². The van der Waals surface area contributed by atoms with E-state index >= 15 is 0 Å². The number of nitrogens with zero attached hydrogens (tertiary/aromatic N) is 7.